The van der Waals surface area contributed by atoms with Crippen LogP contribution in [-0.4, -0.2) is 9.97 Å². The van der Waals surface area contributed by atoms with E-state index in [1.165, 1.54) is 0 Å². The highest BCUT2D eigenvalue weighted by Crippen LogP contribution is 2.16. The van der Waals surface area contributed by atoms with Crippen LogP contribution >= 0.6 is 0 Å². The lowest BCUT2D eigenvalue weighted by atomic mass is 10.5. The molecular weight excluding hydrogens is 102 g/mol. The number of hydrogen-bond donors (Lipinski definition) is 1. The third-order valence-corrected chi connectivity index (χ3v) is 1.08. The normalized spacial score (nSPS) is 13.5. The molecule has 1 aromatic heterocycles. The third kappa shape index (κ3) is 0.307. The minimum absolute atomic E-state index is 0.866. The Hall–Kier alpha value is -1.25. The Morgan fingerprint density at radius 3 is 3.38 bits per heavy atom. The molecule has 0 unspecified atom stereocenters. The number of fused-ring (bicyclic) bond motifs is 1. The number of rotatable bonds is 0. The van der Waals surface area contributed by atoms with Crippen molar-refractivity contribution in [2.45, 2.75) is 0 Å². The van der Waals surface area contributed by atoms with Crippen LogP contribution in [0.15, 0.2) is 12.5 Å². The fraction of sp³-hybridized carbons (Fsp3) is 0. The van der Waals surface area contributed by atoms with Crippen molar-refractivity contribution in [3.8, 4) is 0 Å². The second-order valence-electron chi connectivity index (χ2n) is 1.58. The average Bonchev–Trinajstić information content (AvgIpc) is 2.15. The van der Waals surface area contributed by atoms with Crippen molar-refractivity contribution in [2.24, 2.45) is 0 Å². The van der Waals surface area contributed by atoms with Crippen LogP contribution in [0, 0.1) is 0 Å². The van der Waals surface area contributed by atoms with Gasteiger partial charge in [-0.2, -0.15) is 0 Å². The zero-order chi connectivity index (χ0) is 5.40. The van der Waals surface area contributed by atoms with Crippen molar-refractivity contribution < 1.29 is 0 Å². The van der Waals surface area contributed by atoms with E-state index in [1.54, 1.807) is 12.5 Å². The van der Waals surface area contributed by atoms with E-state index < -0.39 is 0 Å². The van der Waals surface area contributed by atoms with Crippen molar-refractivity contribution >= 4 is 11.9 Å². The molecule has 1 aliphatic heterocycles. The van der Waals surface area contributed by atoms with Gasteiger partial charge in [-0.25, -0.2) is 10.3 Å². The number of nitrogens with zero attached hydrogens (tertiary/aromatic N) is 2. The van der Waals surface area contributed by atoms with Crippen molar-refractivity contribution in [1.29, 1.82) is 0 Å². The van der Waals surface area contributed by atoms with Crippen LogP contribution in [0.2, 0.25) is 0 Å². The molecule has 1 aromatic rings. The van der Waals surface area contributed by atoms with Gasteiger partial charge < -0.3 is 4.98 Å². The molecule has 0 fully saturated rings. The van der Waals surface area contributed by atoms with Crippen LogP contribution < -0.4 is 5.32 Å². The topological polar surface area (TPSA) is 42.8 Å². The molecule has 8 heavy (non-hydrogen) atoms. The van der Waals surface area contributed by atoms with Crippen molar-refractivity contribution in [1.82, 2.24) is 15.3 Å². The number of H-pyrrole nitrogens is 1. The van der Waals surface area contributed by atoms with E-state index in [9.17, 15) is 0 Å². The standard InChI is InChI=1S/C5H4N3/c1-2-6-5-4(1)7-3-8-5/h1-3H,(H,7,8). The van der Waals surface area contributed by atoms with Crippen LogP contribution in [0.3, 0.4) is 0 Å². The van der Waals surface area contributed by atoms with Gasteiger partial charge in [0, 0.05) is 6.20 Å². The molecular formula is C5H4N3. The summed E-state index contributed by atoms with van der Waals surface area (Å²) >= 11 is 0. The minimum Gasteiger partial charge on any atom is -0.329 e. The maximum absolute atomic E-state index is 3.96. The van der Waals surface area contributed by atoms with Gasteiger partial charge in [0.2, 0.25) is 0 Å². The average molecular weight is 106 g/mol. The molecule has 39 valence electrons. The summed E-state index contributed by atoms with van der Waals surface area (Å²) in [6, 6.07) is 0. The molecule has 0 aliphatic carbocycles. The zero-order valence-corrected chi connectivity index (χ0v) is 4.13. The van der Waals surface area contributed by atoms with Crippen LogP contribution in [0.25, 0.3) is 6.08 Å². The van der Waals surface area contributed by atoms with E-state index in [0.29, 0.717) is 0 Å². The van der Waals surface area contributed by atoms with Crippen LogP contribution in [0.4, 0.5) is 5.82 Å². The first-order valence-corrected chi connectivity index (χ1v) is 2.37. The predicted molar refractivity (Wildman–Crippen MR) is 29.4 cm³/mol. The first kappa shape index (κ1) is 3.72. The summed E-state index contributed by atoms with van der Waals surface area (Å²) in [6.45, 7) is 0. The monoisotopic (exact) mass is 106 g/mol. The highest BCUT2D eigenvalue weighted by Gasteiger charge is 2.05. The maximum Gasteiger partial charge on any atom is 0.157 e. The first-order valence-electron chi connectivity index (χ1n) is 2.37. The van der Waals surface area contributed by atoms with Gasteiger partial charge in [-0.3, -0.25) is 0 Å². The van der Waals surface area contributed by atoms with Crippen LogP contribution in [0.5, 0.6) is 0 Å². The molecule has 0 saturated carbocycles. The highest BCUT2D eigenvalue weighted by atomic mass is 15.1. The van der Waals surface area contributed by atoms with E-state index in [-0.39, 0.29) is 0 Å². The Morgan fingerprint density at radius 1 is 1.50 bits per heavy atom. The summed E-state index contributed by atoms with van der Waals surface area (Å²) in [5.41, 5.74) is 0.935. The van der Waals surface area contributed by atoms with Crippen molar-refractivity contribution in [2.75, 3.05) is 0 Å². The quantitative estimate of drug-likeness (QED) is 0.517. The Bertz CT molecular complexity index is 223. The number of imidazole rings is 1. The molecule has 1 N–H and O–H groups in total. The number of nitrogens with one attached hydrogen (secondary N) is 1. The Labute approximate surface area is 46.4 Å². The first-order chi connectivity index (χ1) is 3.97. The van der Waals surface area contributed by atoms with Crippen LogP contribution in [-0.2, 0) is 0 Å². The van der Waals surface area contributed by atoms with Crippen LogP contribution in [0.1, 0.15) is 5.69 Å². The zero-order valence-electron chi connectivity index (χ0n) is 4.13. The Kier molecular flexibility index (Phi) is 0.521. The lowest BCUT2D eigenvalue weighted by molar-refractivity contribution is 1.14. The SMILES string of the molecule is C1=Cc2nc[nH]c2[N]1. The molecule has 1 aliphatic rings. The molecule has 1 radical (unpaired) electrons. The van der Waals surface area contributed by atoms with Gasteiger partial charge in [-0.05, 0) is 6.08 Å². The Morgan fingerprint density at radius 2 is 2.50 bits per heavy atom. The molecule has 2 heterocycles. The molecule has 3 nitrogen and oxygen atoms in total. The number of aromatic nitrogens is 2. The molecule has 0 atom stereocenters. The summed E-state index contributed by atoms with van der Waals surface area (Å²) < 4.78 is 0. The smallest absolute Gasteiger partial charge is 0.157 e. The van der Waals surface area contributed by atoms with Gasteiger partial charge in [0.05, 0.1) is 6.33 Å². The maximum atomic E-state index is 3.96. The lowest BCUT2D eigenvalue weighted by Gasteiger charge is -1.80. The summed E-state index contributed by atoms with van der Waals surface area (Å²) in [6.07, 6.45) is 5.23. The van der Waals surface area contributed by atoms with E-state index in [0.717, 1.165) is 11.5 Å². The van der Waals surface area contributed by atoms with Gasteiger partial charge in [0.25, 0.3) is 0 Å². The predicted octanol–water partition coefficient (Wildman–Crippen LogP) is 0.630. The molecule has 0 spiro atoms. The largest absolute Gasteiger partial charge is 0.329 e. The molecule has 0 bridgehead atoms. The second kappa shape index (κ2) is 1.12. The Balaban J connectivity index is 2.67. The molecule has 0 saturated heterocycles. The van der Waals surface area contributed by atoms with Gasteiger partial charge >= 0.3 is 0 Å². The number of aromatic amines is 1. The molecule has 0 aromatic carbocycles. The van der Waals surface area contributed by atoms with Gasteiger partial charge in [-0.15, -0.1) is 0 Å². The van der Waals surface area contributed by atoms with E-state index in [2.05, 4.69) is 15.3 Å². The summed E-state index contributed by atoms with van der Waals surface area (Å²) in [7, 11) is 0. The molecule has 2 rings (SSSR count). The number of hydrogen-bond acceptors (Lipinski definition) is 1. The van der Waals surface area contributed by atoms with Crippen molar-refractivity contribution in [3.05, 3.63) is 18.2 Å². The van der Waals surface area contributed by atoms with E-state index in [4.69, 9.17) is 0 Å². The second-order valence-corrected chi connectivity index (χ2v) is 1.58. The minimum atomic E-state index is 0.866. The van der Waals surface area contributed by atoms with Gasteiger partial charge in [-0.1, -0.05) is 0 Å². The lowest BCUT2D eigenvalue weighted by Crippen LogP contribution is -1.78. The third-order valence-electron chi connectivity index (χ3n) is 1.08. The summed E-state index contributed by atoms with van der Waals surface area (Å²) in [5.74, 6) is 0.866. The summed E-state index contributed by atoms with van der Waals surface area (Å²) in [4.78, 5) is 6.84. The fourth-order valence-electron chi connectivity index (χ4n) is 0.706. The van der Waals surface area contributed by atoms with Gasteiger partial charge in [0.15, 0.2) is 5.82 Å². The summed E-state index contributed by atoms with van der Waals surface area (Å²) in [5, 5.41) is 3.96. The molecule has 0 amide bonds. The van der Waals surface area contributed by atoms with E-state index in [1.807, 2.05) is 6.08 Å². The van der Waals surface area contributed by atoms with Gasteiger partial charge in [0.1, 0.15) is 5.69 Å². The molecule has 3 heteroatoms. The fourth-order valence-corrected chi connectivity index (χ4v) is 0.706. The van der Waals surface area contributed by atoms with E-state index >= 15 is 0 Å². The van der Waals surface area contributed by atoms with Crippen molar-refractivity contribution in [3.63, 3.8) is 0 Å². The highest BCUT2D eigenvalue weighted by molar-refractivity contribution is 5.61.